The van der Waals surface area contributed by atoms with Crippen LogP contribution in [0.4, 0.5) is 10.6 Å². The first-order valence-electron chi connectivity index (χ1n) is 14.4. The van der Waals surface area contributed by atoms with Gasteiger partial charge in [-0.2, -0.15) is 9.97 Å². The van der Waals surface area contributed by atoms with Gasteiger partial charge in [-0.15, -0.1) is 0 Å². The first kappa shape index (κ1) is 35.8. The zero-order chi connectivity index (χ0) is 31.6. The van der Waals surface area contributed by atoms with E-state index in [1.807, 2.05) is 0 Å². The second kappa shape index (κ2) is 16.6. The lowest BCUT2D eigenvalue weighted by Gasteiger charge is -2.19. The maximum Gasteiger partial charge on any atom is 0.336 e. The summed E-state index contributed by atoms with van der Waals surface area (Å²) in [6.07, 6.45) is 7.44. The van der Waals surface area contributed by atoms with Gasteiger partial charge in [0.15, 0.2) is 23.2 Å². The molecule has 0 radical (unpaired) electrons. The van der Waals surface area contributed by atoms with E-state index in [0.717, 1.165) is 19.3 Å². The number of hydrogen-bond donors (Lipinski definition) is 8. The number of fused-ring (bicyclic) bond motifs is 1. The van der Waals surface area contributed by atoms with Crippen molar-refractivity contribution < 1.29 is 43.6 Å². The Balaban J connectivity index is 1.53. The van der Waals surface area contributed by atoms with Gasteiger partial charge in [0.1, 0.15) is 24.2 Å². The van der Waals surface area contributed by atoms with E-state index in [1.165, 1.54) is 55.8 Å². The highest BCUT2D eigenvalue weighted by Crippen LogP contribution is 2.52. The first-order chi connectivity index (χ1) is 20.3. The molecule has 0 saturated carbocycles. The second-order valence-electron chi connectivity index (χ2n) is 10.6. The average molecular weight is 670 g/mol. The number of halogens is 1. The van der Waals surface area contributed by atoms with E-state index in [9.17, 15) is 29.0 Å². The molecular formula is C24H42ClN7O9P2. The molecule has 43 heavy (non-hydrogen) atoms. The van der Waals surface area contributed by atoms with Crippen molar-refractivity contribution in [1.29, 1.82) is 0 Å². The van der Waals surface area contributed by atoms with E-state index in [4.69, 9.17) is 26.1 Å². The molecule has 1 fully saturated rings. The highest BCUT2D eigenvalue weighted by molar-refractivity contribution is 7.71. The minimum atomic E-state index is -4.79. The molecule has 1 aliphatic rings. The highest BCUT2D eigenvalue weighted by atomic mass is 35.5. The Morgan fingerprint density at radius 2 is 1.63 bits per heavy atom. The Labute approximate surface area is 254 Å². The topological polar surface area (TPSA) is 241 Å². The molecule has 0 aliphatic carbocycles. The molecule has 5 atom stereocenters. The van der Waals surface area contributed by atoms with E-state index < -0.39 is 58.1 Å². The number of amides is 2. The number of aromatic nitrogens is 4. The molecule has 19 heteroatoms. The summed E-state index contributed by atoms with van der Waals surface area (Å²) in [6.45, 7) is 2.18. The number of carbonyl (C=O) groups is 1. The number of imidazole rings is 1. The standard InChI is InChI=1S/C24H42ClN7O9P2/c1-2-3-4-5-6-7-8-9-10-11-12-26-24(35)30-20-17-21(31-23(25)29-20)32(14-27-17)22-19(34)18(33)16(41-22)13-28-42(36,37)15-43(38,39)40/h14,16,18-19,22,33-34H,2-13,15H2,1H3,(H2,28,36,37)(H2,38,39,40)(H2,26,29,30,31,35). The minimum absolute atomic E-state index is 0.0132. The van der Waals surface area contributed by atoms with E-state index in [1.54, 1.807) is 0 Å². The third-order valence-corrected chi connectivity index (χ3v) is 10.8. The number of aliphatic hydroxyl groups is 2. The van der Waals surface area contributed by atoms with Gasteiger partial charge in [0, 0.05) is 13.1 Å². The Bertz CT molecular complexity index is 1300. The molecule has 3 rings (SSSR count). The number of hydrogen-bond acceptors (Lipinski definition) is 9. The van der Waals surface area contributed by atoms with Gasteiger partial charge in [0.25, 0.3) is 7.52 Å². The maximum absolute atomic E-state index is 12.5. The van der Waals surface area contributed by atoms with E-state index in [-0.39, 0.29) is 22.3 Å². The summed E-state index contributed by atoms with van der Waals surface area (Å²) < 4.78 is 30.1. The molecule has 8 N–H and O–H groups in total. The van der Waals surface area contributed by atoms with Gasteiger partial charge in [-0.1, -0.05) is 64.7 Å². The molecule has 0 spiro atoms. The van der Waals surface area contributed by atoms with Gasteiger partial charge in [-0.25, -0.2) is 14.9 Å². The van der Waals surface area contributed by atoms with E-state index in [2.05, 4.69) is 37.6 Å². The molecule has 0 bridgehead atoms. The van der Waals surface area contributed by atoms with Gasteiger partial charge >= 0.3 is 13.6 Å². The monoisotopic (exact) mass is 669 g/mol. The summed E-state index contributed by atoms with van der Waals surface area (Å²) in [5.41, 5.74) is 0.205. The zero-order valence-electron chi connectivity index (χ0n) is 24.0. The van der Waals surface area contributed by atoms with Crippen LogP contribution in [0.1, 0.15) is 77.4 Å². The third kappa shape index (κ3) is 11.3. The number of unbranched alkanes of at least 4 members (excludes halogenated alkanes) is 9. The summed E-state index contributed by atoms with van der Waals surface area (Å²) in [7, 11) is -9.26. The highest BCUT2D eigenvalue weighted by Gasteiger charge is 2.45. The van der Waals surface area contributed by atoms with Gasteiger partial charge in [-0.3, -0.25) is 19.0 Å². The van der Waals surface area contributed by atoms with Crippen molar-refractivity contribution in [2.45, 2.75) is 95.7 Å². The molecule has 2 amide bonds. The van der Waals surface area contributed by atoms with Crippen LogP contribution in [0, 0.1) is 0 Å². The lowest BCUT2D eigenvalue weighted by molar-refractivity contribution is -0.0331. The van der Waals surface area contributed by atoms with Crippen molar-refractivity contribution in [1.82, 2.24) is 29.9 Å². The number of nitrogens with zero attached hydrogens (tertiary/aromatic N) is 4. The predicted molar refractivity (Wildman–Crippen MR) is 160 cm³/mol. The fourth-order valence-electron chi connectivity index (χ4n) is 4.79. The third-order valence-electron chi connectivity index (χ3n) is 6.97. The molecule has 3 heterocycles. The molecule has 16 nitrogen and oxygen atoms in total. The van der Waals surface area contributed by atoms with E-state index in [0.29, 0.717) is 6.54 Å². The number of ether oxygens (including phenoxy) is 1. The number of anilines is 1. The van der Waals surface area contributed by atoms with Crippen LogP contribution < -0.4 is 15.7 Å². The Morgan fingerprint density at radius 1 is 1.00 bits per heavy atom. The van der Waals surface area contributed by atoms with Crippen molar-refractivity contribution in [3.63, 3.8) is 0 Å². The van der Waals surface area contributed by atoms with Crippen molar-refractivity contribution in [3.8, 4) is 0 Å². The van der Waals surface area contributed by atoms with Crippen molar-refractivity contribution >= 4 is 49.7 Å². The number of aliphatic hydroxyl groups excluding tert-OH is 2. The molecular weight excluding hydrogens is 628 g/mol. The zero-order valence-corrected chi connectivity index (χ0v) is 26.6. The number of rotatable bonds is 18. The van der Waals surface area contributed by atoms with Crippen LogP contribution in [-0.2, 0) is 13.9 Å². The van der Waals surface area contributed by atoms with Crippen molar-refractivity contribution in [2.75, 3.05) is 24.3 Å². The van der Waals surface area contributed by atoms with Crippen LogP contribution in [0.3, 0.4) is 0 Å². The lowest BCUT2D eigenvalue weighted by Crippen LogP contribution is -2.37. The van der Waals surface area contributed by atoms with Gasteiger partial charge in [0.05, 0.1) is 6.33 Å². The Hall–Kier alpha value is -1.71. The van der Waals surface area contributed by atoms with E-state index >= 15 is 0 Å². The fourth-order valence-corrected chi connectivity index (χ4v) is 7.82. The number of urea groups is 1. The summed E-state index contributed by atoms with van der Waals surface area (Å²) in [5, 5.41) is 28.3. The van der Waals surface area contributed by atoms with Gasteiger partial charge in [-0.05, 0) is 18.0 Å². The van der Waals surface area contributed by atoms with Crippen molar-refractivity contribution in [2.24, 2.45) is 0 Å². The van der Waals surface area contributed by atoms with Gasteiger partial charge in [0.2, 0.25) is 5.28 Å². The number of carbonyl (C=O) groups excluding carboxylic acids is 1. The summed E-state index contributed by atoms with van der Waals surface area (Å²) in [5.74, 6) is -1.29. The molecule has 1 saturated heterocycles. The summed E-state index contributed by atoms with van der Waals surface area (Å²) in [6, 6.07) is -0.510. The molecule has 2 aromatic rings. The lowest BCUT2D eigenvalue weighted by atomic mass is 10.1. The minimum Gasteiger partial charge on any atom is -0.387 e. The molecule has 2 aromatic heterocycles. The summed E-state index contributed by atoms with van der Waals surface area (Å²) in [4.78, 5) is 52.6. The predicted octanol–water partition coefficient (Wildman–Crippen LogP) is 3.05. The maximum atomic E-state index is 12.5. The first-order valence-corrected chi connectivity index (χ1v) is 18.4. The van der Waals surface area contributed by atoms with Crippen LogP contribution >= 0.6 is 26.7 Å². The fraction of sp³-hybridized carbons (Fsp3) is 0.750. The van der Waals surface area contributed by atoms with Crippen LogP contribution in [-0.4, -0.2) is 87.7 Å². The van der Waals surface area contributed by atoms with Crippen LogP contribution in [0.5, 0.6) is 0 Å². The quantitative estimate of drug-likeness (QED) is 0.0647. The SMILES string of the molecule is CCCCCCCCCCCCNC(=O)Nc1nc(Cl)nc2c1ncn2C1OC(CNP(=O)(O)CP(=O)(O)O)C(O)C1O. The molecule has 5 unspecified atom stereocenters. The summed E-state index contributed by atoms with van der Waals surface area (Å²) >= 11 is 6.09. The Kier molecular flexibility index (Phi) is 13.8. The normalized spacial score (nSPS) is 22.1. The van der Waals surface area contributed by atoms with Crippen molar-refractivity contribution in [3.05, 3.63) is 11.6 Å². The Morgan fingerprint density at radius 3 is 2.26 bits per heavy atom. The molecule has 0 aromatic carbocycles. The second-order valence-corrected chi connectivity index (χ2v) is 15.2. The molecule has 244 valence electrons. The average Bonchev–Trinajstić information content (AvgIpc) is 3.45. The largest absolute Gasteiger partial charge is 0.387 e. The van der Waals surface area contributed by atoms with Gasteiger partial charge < -0.3 is 34.9 Å². The van der Waals surface area contributed by atoms with Crippen LogP contribution in [0.2, 0.25) is 5.28 Å². The smallest absolute Gasteiger partial charge is 0.336 e. The van der Waals surface area contributed by atoms with Crippen LogP contribution in [0.25, 0.3) is 11.2 Å². The number of nitrogens with one attached hydrogen (secondary N) is 3. The van der Waals surface area contributed by atoms with Crippen LogP contribution in [0.15, 0.2) is 6.33 Å². The molecule has 1 aliphatic heterocycles.